The van der Waals surface area contributed by atoms with Crippen LogP contribution in [-0.2, 0) is 4.74 Å². The second-order valence-corrected chi connectivity index (χ2v) is 4.97. The molecule has 0 aromatic heterocycles. The van der Waals surface area contributed by atoms with E-state index in [2.05, 4.69) is 23.7 Å². The van der Waals surface area contributed by atoms with Crippen molar-refractivity contribution >= 4 is 0 Å². The lowest BCUT2D eigenvalue weighted by molar-refractivity contribution is -0.0464. The maximum Gasteiger partial charge on any atom is 0.135 e. The lowest BCUT2D eigenvalue weighted by atomic mass is 10.2. The van der Waals surface area contributed by atoms with Gasteiger partial charge >= 0.3 is 0 Å². The molecule has 4 heteroatoms. The number of para-hydroxylation sites is 1. The summed E-state index contributed by atoms with van der Waals surface area (Å²) in [5, 5.41) is 8.78. The number of ether oxygens (including phenoxy) is 2. The first-order chi connectivity index (χ1) is 10.3. The first-order valence-electron chi connectivity index (χ1n) is 7.49. The molecule has 1 unspecified atom stereocenters. The van der Waals surface area contributed by atoms with Crippen molar-refractivity contribution in [3.63, 3.8) is 0 Å². The highest BCUT2D eigenvalue weighted by atomic mass is 16.5. The van der Waals surface area contributed by atoms with E-state index in [1.165, 1.54) is 0 Å². The van der Waals surface area contributed by atoms with Crippen molar-refractivity contribution in [2.75, 3.05) is 39.5 Å². The van der Waals surface area contributed by atoms with Crippen LogP contribution in [0.4, 0.5) is 0 Å². The summed E-state index contributed by atoms with van der Waals surface area (Å²) in [6.45, 7) is 6.50. The van der Waals surface area contributed by atoms with E-state index in [9.17, 15) is 0 Å². The smallest absolute Gasteiger partial charge is 0.135 e. The molecule has 1 atom stereocenters. The maximum absolute atomic E-state index is 8.78. The fourth-order valence-electron chi connectivity index (χ4n) is 2.26. The molecule has 114 valence electrons. The monoisotopic (exact) mass is 289 g/mol. The number of benzene rings is 1. The summed E-state index contributed by atoms with van der Waals surface area (Å²) in [5.74, 6) is 6.74. The van der Waals surface area contributed by atoms with Crippen molar-refractivity contribution in [1.29, 1.82) is 0 Å². The number of aliphatic hydroxyl groups excluding tert-OH is 1. The van der Waals surface area contributed by atoms with Crippen LogP contribution in [0.1, 0.15) is 18.9 Å². The van der Waals surface area contributed by atoms with E-state index in [-0.39, 0.29) is 12.7 Å². The van der Waals surface area contributed by atoms with Crippen LogP contribution in [0, 0.1) is 11.8 Å². The number of aliphatic hydroxyl groups is 1. The molecule has 0 spiro atoms. The molecule has 21 heavy (non-hydrogen) atoms. The summed E-state index contributed by atoms with van der Waals surface area (Å²) in [4.78, 5) is 2.37. The van der Waals surface area contributed by atoms with Gasteiger partial charge in [-0.2, -0.15) is 0 Å². The number of hydrogen-bond donors (Lipinski definition) is 1. The molecule has 2 rings (SSSR count). The lowest BCUT2D eigenvalue weighted by Crippen LogP contribution is -2.44. The van der Waals surface area contributed by atoms with Gasteiger partial charge in [-0.25, -0.2) is 0 Å². The Kier molecular flexibility index (Phi) is 6.55. The minimum absolute atomic E-state index is 0.0821. The Morgan fingerprint density at radius 3 is 3.10 bits per heavy atom. The van der Waals surface area contributed by atoms with Crippen LogP contribution in [0.5, 0.6) is 5.75 Å². The molecule has 1 aromatic rings. The summed E-state index contributed by atoms with van der Waals surface area (Å²) in [5.41, 5.74) is 0.856. The highest BCUT2D eigenvalue weighted by Crippen LogP contribution is 2.18. The van der Waals surface area contributed by atoms with Gasteiger partial charge in [-0.15, -0.1) is 0 Å². The van der Waals surface area contributed by atoms with Gasteiger partial charge in [0.15, 0.2) is 0 Å². The Morgan fingerprint density at radius 2 is 2.29 bits per heavy atom. The van der Waals surface area contributed by atoms with Gasteiger partial charge in [-0.05, 0) is 18.7 Å². The first-order valence-corrected chi connectivity index (χ1v) is 7.49. The molecule has 0 amide bonds. The number of morpholine rings is 1. The van der Waals surface area contributed by atoms with Gasteiger partial charge in [0, 0.05) is 19.5 Å². The molecular weight excluding hydrogens is 266 g/mol. The molecule has 4 nitrogen and oxygen atoms in total. The third-order valence-electron chi connectivity index (χ3n) is 3.44. The minimum Gasteiger partial charge on any atom is -0.490 e. The molecule has 0 saturated carbocycles. The molecule has 1 N–H and O–H groups in total. The third-order valence-corrected chi connectivity index (χ3v) is 3.44. The SMILES string of the molecule is CCN1CCOC(COc2ccccc2C#CCCO)C1. The molecule has 0 radical (unpaired) electrons. The zero-order chi connectivity index (χ0) is 14.9. The van der Waals surface area contributed by atoms with E-state index in [0.29, 0.717) is 13.0 Å². The lowest BCUT2D eigenvalue weighted by Gasteiger charge is -2.31. The topological polar surface area (TPSA) is 41.9 Å². The summed E-state index contributed by atoms with van der Waals surface area (Å²) < 4.78 is 11.6. The fraction of sp³-hybridized carbons (Fsp3) is 0.529. The zero-order valence-electron chi connectivity index (χ0n) is 12.5. The molecule has 1 aromatic carbocycles. The van der Waals surface area contributed by atoms with Crippen molar-refractivity contribution in [3.8, 4) is 17.6 Å². The van der Waals surface area contributed by atoms with Gasteiger partial charge in [-0.3, -0.25) is 4.90 Å². The molecule has 1 saturated heterocycles. The van der Waals surface area contributed by atoms with Crippen molar-refractivity contribution in [2.24, 2.45) is 0 Å². The normalized spacial score (nSPS) is 18.9. The van der Waals surface area contributed by atoms with Crippen LogP contribution in [0.2, 0.25) is 0 Å². The average molecular weight is 289 g/mol. The molecule has 0 bridgehead atoms. The predicted molar refractivity (Wildman–Crippen MR) is 82.4 cm³/mol. The van der Waals surface area contributed by atoms with Gasteiger partial charge in [-0.1, -0.05) is 30.9 Å². The molecule has 1 fully saturated rings. The second kappa shape index (κ2) is 8.68. The van der Waals surface area contributed by atoms with E-state index in [4.69, 9.17) is 14.6 Å². The molecule has 1 aliphatic heterocycles. The van der Waals surface area contributed by atoms with Crippen molar-refractivity contribution in [3.05, 3.63) is 29.8 Å². The van der Waals surface area contributed by atoms with Crippen molar-refractivity contribution in [1.82, 2.24) is 4.90 Å². The molecule has 1 heterocycles. The molecule has 0 aliphatic carbocycles. The van der Waals surface area contributed by atoms with Crippen LogP contribution < -0.4 is 4.74 Å². The van der Waals surface area contributed by atoms with Crippen molar-refractivity contribution < 1.29 is 14.6 Å². The van der Waals surface area contributed by atoms with Gasteiger partial charge in [0.25, 0.3) is 0 Å². The average Bonchev–Trinajstić information content (AvgIpc) is 2.54. The van der Waals surface area contributed by atoms with Gasteiger partial charge in [0.1, 0.15) is 18.5 Å². The Labute approximate surface area is 126 Å². The maximum atomic E-state index is 8.78. The van der Waals surface area contributed by atoms with Crippen molar-refractivity contribution in [2.45, 2.75) is 19.4 Å². The number of hydrogen-bond acceptors (Lipinski definition) is 4. The minimum atomic E-state index is 0.0821. The quantitative estimate of drug-likeness (QED) is 0.835. The second-order valence-electron chi connectivity index (χ2n) is 4.97. The van der Waals surface area contributed by atoms with Gasteiger partial charge < -0.3 is 14.6 Å². The fourth-order valence-corrected chi connectivity index (χ4v) is 2.26. The van der Waals surface area contributed by atoms with Crippen LogP contribution in [0.15, 0.2) is 24.3 Å². The Morgan fingerprint density at radius 1 is 1.43 bits per heavy atom. The summed E-state index contributed by atoms with van der Waals surface area (Å²) >= 11 is 0. The molecule has 1 aliphatic rings. The number of likely N-dealkylation sites (N-methyl/N-ethyl adjacent to an activating group) is 1. The third kappa shape index (κ3) is 5.05. The highest BCUT2D eigenvalue weighted by molar-refractivity contribution is 5.45. The van der Waals surface area contributed by atoms with Crippen LogP contribution in [0.3, 0.4) is 0 Å². The Hall–Kier alpha value is -1.54. The number of rotatable bonds is 5. The van der Waals surface area contributed by atoms with E-state index in [0.717, 1.165) is 37.6 Å². The van der Waals surface area contributed by atoms with E-state index in [1.807, 2.05) is 24.3 Å². The first kappa shape index (κ1) is 15.8. The van der Waals surface area contributed by atoms with E-state index < -0.39 is 0 Å². The Balaban J connectivity index is 1.92. The van der Waals surface area contributed by atoms with E-state index >= 15 is 0 Å². The van der Waals surface area contributed by atoms with Gasteiger partial charge in [0.05, 0.1) is 18.8 Å². The zero-order valence-corrected chi connectivity index (χ0v) is 12.5. The predicted octanol–water partition coefficient (Wildman–Crippen LogP) is 1.52. The Bertz CT molecular complexity index is 492. The summed E-state index contributed by atoms with van der Waals surface area (Å²) in [6.07, 6.45) is 0.586. The molecular formula is C17H23NO3. The van der Waals surface area contributed by atoms with Crippen LogP contribution >= 0.6 is 0 Å². The summed E-state index contributed by atoms with van der Waals surface area (Å²) in [7, 11) is 0. The number of nitrogens with zero attached hydrogens (tertiary/aromatic N) is 1. The van der Waals surface area contributed by atoms with Crippen LogP contribution in [0.25, 0.3) is 0 Å². The van der Waals surface area contributed by atoms with Crippen LogP contribution in [-0.4, -0.2) is 55.6 Å². The largest absolute Gasteiger partial charge is 0.490 e. The highest BCUT2D eigenvalue weighted by Gasteiger charge is 2.20. The van der Waals surface area contributed by atoms with E-state index in [1.54, 1.807) is 0 Å². The standard InChI is InChI=1S/C17H23NO3/c1-2-18-10-12-20-16(13-18)14-21-17-9-4-3-7-15(17)8-5-6-11-19/h3-4,7,9,16,19H,2,6,10-14H2,1H3. The van der Waals surface area contributed by atoms with Gasteiger partial charge in [0.2, 0.25) is 0 Å². The summed E-state index contributed by atoms with van der Waals surface area (Å²) in [6, 6.07) is 7.72.